The van der Waals surface area contributed by atoms with E-state index in [9.17, 15) is 9.59 Å². The van der Waals surface area contributed by atoms with Gasteiger partial charge in [-0.2, -0.15) is 0 Å². The molecule has 0 spiro atoms. The van der Waals surface area contributed by atoms with Gasteiger partial charge in [0.25, 0.3) is 0 Å². The molecule has 0 heterocycles. The van der Waals surface area contributed by atoms with E-state index >= 15 is 0 Å². The van der Waals surface area contributed by atoms with E-state index in [1.807, 2.05) is 54.6 Å². The highest BCUT2D eigenvalue weighted by Crippen LogP contribution is 2.16. The molecule has 0 unspecified atom stereocenters. The first-order valence-corrected chi connectivity index (χ1v) is 10.1. The van der Waals surface area contributed by atoms with Gasteiger partial charge < -0.3 is 15.0 Å². The van der Waals surface area contributed by atoms with Gasteiger partial charge in [0, 0.05) is 13.1 Å². The lowest BCUT2D eigenvalue weighted by molar-refractivity contribution is -0.140. The first-order chi connectivity index (χ1) is 13.9. The first kappa shape index (κ1) is 22.5. The van der Waals surface area contributed by atoms with Crippen molar-refractivity contribution in [1.29, 1.82) is 0 Å². The number of rotatable bonds is 10. The van der Waals surface area contributed by atoms with E-state index in [0.717, 1.165) is 23.3 Å². The van der Waals surface area contributed by atoms with Crippen LogP contribution < -0.4 is 10.1 Å². The molecule has 2 aromatic carbocycles. The number of hydrogen-bond donors (Lipinski definition) is 1. The lowest BCUT2D eigenvalue weighted by Gasteiger charge is -2.29. The number of amides is 2. The fourth-order valence-corrected chi connectivity index (χ4v) is 3.01. The third-order valence-corrected chi connectivity index (χ3v) is 4.90. The van der Waals surface area contributed by atoms with E-state index in [4.69, 9.17) is 4.74 Å². The molecule has 29 heavy (non-hydrogen) atoms. The lowest BCUT2D eigenvalue weighted by atomic mass is 10.1. The molecule has 156 valence electrons. The number of nitrogens with one attached hydrogen (secondary N) is 1. The van der Waals surface area contributed by atoms with E-state index in [1.165, 1.54) is 0 Å². The Bertz CT molecular complexity index is 772. The average molecular weight is 397 g/mol. The third kappa shape index (κ3) is 7.26. The topological polar surface area (TPSA) is 58.6 Å². The quantitative estimate of drug-likeness (QED) is 0.664. The lowest BCUT2D eigenvalue weighted by Crippen LogP contribution is -2.48. The van der Waals surface area contributed by atoms with Crippen molar-refractivity contribution >= 4 is 11.8 Å². The molecule has 0 aliphatic rings. The SMILES string of the molecule is COc1ccc(CN(C(=O)Cc2ccccc2)[C@@H](C)C(=O)NCCC(C)C)cc1. The fraction of sp³-hybridized carbons (Fsp3) is 0.417. The molecule has 2 amide bonds. The molecule has 2 rings (SSSR count). The smallest absolute Gasteiger partial charge is 0.242 e. The predicted octanol–water partition coefficient (Wildman–Crippen LogP) is 3.82. The third-order valence-electron chi connectivity index (χ3n) is 4.90. The summed E-state index contributed by atoms with van der Waals surface area (Å²) in [6.45, 7) is 7.01. The molecular weight excluding hydrogens is 364 g/mol. The molecule has 0 aliphatic heterocycles. The molecule has 0 saturated carbocycles. The van der Waals surface area contributed by atoms with Gasteiger partial charge >= 0.3 is 0 Å². The van der Waals surface area contributed by atoms with Crippen LogP contribution >= 0.6 is 0 Å². The van der Waals surface area contributed by atoms with Crippen molar-refractivity contribution in [1.82, 2.24) is 10.2 Å². The van der Waals surface area contributed by atoms with Gasteiger partial charge in [0.1, 0.15) is 11.8 Å². The summed E-state index contributed by atoms with van der Waals surface area (Å²) >= 11 is 0. The summed E-state index contributed by atoms with van der Waals surface area (Å²) in [5.74, 6) is 1.08. The van der Waals surface area contributed by atoms with Crippen LogP contribution in [-0.2, 0) is 22.6 Å². The van der Waals surface area contributed by atoms with Crippen molar-refractivity contribution in [3.63, 3.8) is 0 Å². The Labute approximate surface area is 174 Å². The van der Waals surface area contributed by atoms with Crippen molar-refractivity contribution in [2.45, 2.75) is 46.2 Å². The van der Waals surface area contributed by atoms with Gasteiger partial charge in [-0.05, 0) is 42.5 Å². The average Bonchev–Trinajstić information content (AvgIpc) is 2.72. The summed E-state index contributed by atoms with van der Waals surface area (Å²) in [6.07, 6.45) is 1.18. The molecule has 2 aromatic rings. The monoisotopic (exact) mass is 396 g/mol. The Morgan fingerprint density at radius 3 is 2.21 bits per heavy atom. The summed E-state index contributed by atoms with van der Waals surface area (Å²) in [4.78, 5) is 27.4. The highest BCUT2D eigenvalue weighted by atomic mass is 16.5. The van der Waals surface area contributed by atoms with E-state index in [1.54, 1.807) is 18.9 Å². The number of carbonyl (C=O) groups is 2. The largest absolute Gasteiger partial charge is 0.497 e. The number of nitrogens with zero attached hydrogens (tertiary/aromatic N) is 1. The van der Waals surface area contributed by atoms with Crippen molar-refractivity contribution in [3.8, 4) is 5.75 Å². The molecule has 0 bridgehead atoms. The van der Waals surface area contributed by atoms with Crippen LogP contribution in [-0.4, -0.2) is 36.4 Å². The van der Waals surface area contributed by atoms with E-state index < -0.39 is 6.04 Å². The van der Waals surface area contributed by atoms with Crippen molar-refractivity contribution < 1.29 is 14.3 Å². The summed E-state index contributed by atoms with van der Waals surface area (Å²) < 4.78 is 5.21. The van der Waals surface area contributed by atoms with Crippen LogP contribution in [0, 0.1) is 5.92 Å². The Morgan fingerprint density at radius 2 is 1.62 bits per heavy atom. The second-order valence-electron chi connectivity index (χ2n) is 7.68. The van der Waals surface area contributed by atoms with Gasteiger partial charge in [-0.25, -0.2) is 0 Å². The van der Waals surface area contributed by atoms with E-state index in [2.05, 4.69) is 19.2 Å². The fourth-order valence-electron chi connectivity index (χ4n) is 3.01. The summed E-state index contributed by atoms with van der Waals surface area (Å²) in [7, 11) is 1.62. The second kappa shape index (κ2) is 11.2. The Hall–Kier alpha value is -2.82. The summed E-state index contributed by atoms with van der Waals surface area (Å²) in [6, 6.07) is 16.6. The molecule has 0 saturated heterocycles. The normalized spacial score (nSPS) is 11.8. The Kier molecular flexibility index (Phi) is 8.71. The molecule has 0 aliphatic carbocycles. The number of benzene rings is 2. The zero-order valence-electron chi connectivity index (χ0n) is 17.9. The van der Waals surface area contributed by atoms with Crippen LogP contribution in [0.15, 0.2) is 54.6 Å². The molecule has 1 N–H and O–H groups in total. The molecular formula is C24H32N2O3. The number of carbonyl (C=O) groups excluding carboxylic acids is 2. The van der Waals surface area contributed by atoms with Crippen molar-refractivity contribution in [2.75, 3.05) is 13.7 Å². The maximum atomic E-state index is 13.1. The number of methoxy groups -OCH3 is 1. The Balaban J connectivity index is 2.14. The minimum Gasteiger partial charge on any atom is -0.497 e. The maximum Gasteiger partial charge on any atom is 0.242 e. The molecule has 0 fully saturated rings. The van der Waals surface area contributed by atoms with Gasteiger partial charge in [-0.3, -0.25) is 9.59 Å². The van der Waals surface area contributed by atoms with Gasteiger partial charge in [0.2, 0.25) is 11.8 Å². The van der Waals surface area contributed by atoms with E-state index in [0.29, 0.717) is 19.0 Å². The first-order valence-electron chi connectivity index (χ1n) is 10.1. The van der Waals surface area contributed by atoms with Crippen LogP contribution in [0.2, 0.25) is 0 Å². The van der Waals surface area contributed by atoms with E-state index in [-0.39, 0.29) is 18.2 Å². The highest BCUT2D eigenvalue weighted by Gasteiger charge is 2.26. The van der Waals surface area contributed by atoms with Crippen LogP contribution in [0.25, 0.3) is 0 Å². The van der Waals surface area contributed by atoms with Crippen LogP contribution in [0.5, 0.6) is 5.75 Å². The molecule has 5 nitrogen and oxygen atoms in total. The number of hydrogen-bond acceptors (Lipinski definition) is 3. The second-order valence-corrected chi connectivity index (χ2v) is 7.68. The molecule has 5 heteroatoms. The zero-order valence-corrected chi connectivity index (χ0v) is 17.9. The van der Waals surface area contributed by atoms with Gasteiger partial charge in [-0.1, -0.05) is 56.3 Å². The van der Waals surface area contributed by atoms with Crippen LogP contribution in [0.4, 0.5) is 0 Å². The minimum absolute atomic E-state index is 0.0708. The Morgan fingerprint density at radius 1 is 0.966 bits per heavy atom. The zero-order chi connectivity index (χ0) is 21.2. The predicted molar refractivity (Wildman–Crippen MR) is 116 cm³/mol. The summed E-state index contributed by atoms with van der Waals surface area (Å²) in [5.41, 5.74) is 1.89. The van der Waals surface area contributed by atoms with Gasteiger partial charge in [0.15, 0.2) is 0 Å². The highest BCUT2D eigenvalue weighted by molar-refractivity contribution is 5.88. The van der Waals surface area contributed by atoms with Crippen molar-refractivity contribution in [2.24, 2.45) is 5.92 Å². The van der Waals surface area contributed by atoms with Gasteiger partial charge in [0.05, 0.1) is 13.5 Å². The maximum absolute atomic E-state index is 13.1. The van der Waals surface area contributed by atoms with Crippen LogP contribution in [0.3, 0.4) is 0 Å². The van der Waals surface area contributed by atoms with Crippen LogP contribution in [0.1, 0.15) is 38.3 Å². The standard InChI is InChI=1S/C24H32N2O3/c1-18(2)14-15-25-24(28)19(3)26(17-21-10-12-22(29-4)13-11-21)23(27)16-20-8-6-5-7-9-20/h5-13,18-19H,14-17H2,1-4H3,(H,25,28)/t19-/m0/s1. The molecule has 0 radical (unpaired) electrons. The number of ether oxygens (including phenoxy) is 1. The molecule has 0 aromatic heterocycles. The van der Waals surface area contributed by atoms with Gasteiger partial charge in [-0.15, -0.1) is 0 Å². The summed E-state index contributed by atoms with van der Waals surface area (Å²) in [5, 5.41) is 2.96. The minimum atomic E-state index is -0.555. The molecule has 1 atom stereocenters. The van der Waals surface area contributed by atoms with Crippen molar-refractivity contribution in [3.05, 3.63) is 65.7 Å².